The van der Waals surface area contributed by atoms with Gasteiger partial charge in [0, 0.05) is 6.04 Å². The third-order valence-electron chi connectivity index (χ3n) is 3.37. The first kappa shape index (κ1) is 14.1. The standard InChI is InChI=1S/C17H25NO/c1-14(2)19-17-11-8-15(9-12-17)7-10-16-6-4-3-5-13-18-16/h7-12,14,16,18H,3-6,13H2,1-2H3/b10-7+. The van der Waals surface area contributed by atoms with Crippen LogP contribution in [0.1, 0.15) is 45.1 Å². The van der Waals surface area contributed by atoms with Gasteiger partial charge in [-0.05, 0) is 50.9 Å². The molecular formula is C17H25NO. The lowest BCUT2D eigenvalue weighted by Crippen LogP contribution is -2.25. The van der Waals surface area contributed by atoms with E-state index in [-0.39, 0.29) is 6.10 Å². The van der Waals surface area contributed by atoms with Crippen molar-refractivity contribution >= 4 is 6.08 Å². The van der Waals surface area contributed by atoms with Crippen LogP contribution < -0.4 is 10.1 Å². The maximum atomic E-state index is 5.64. The number of ether oxygens (including phenoxy) is 1. The average Bonchev–Trinajstić information content (AvgIpc) is 2.66. The Bertz CT molecular complexity index is 386. The zero-order valence-electron chi connectivity index (χ0n) is 12.1. The van der Waals surface area contributed by atoms with E-state index < -0.39 is 0 Å². The Morgan fingerprint density at radius 3 is 2.68 bits per heavy atom. The molecule has 0 saturated carbocycles. The Morgan fingerprint density at radius 1 is 1.16 bits per heavy atom. The molecule has 2 nitrogen and oxygen atoms in total. The molecule has 0 aliphatic carbocycles. The number of hydrogen-bond donors (Lipinski definition) is 1. The lowest BCUT2D eigenvalue weighted by molar-refractivity contribution is 0.242. The predicted molar refractivity (Wildman–Crippen MR) is 81.5 cm³/mol. The van der Waals surface area contributed by atoms with E-state index in [1.807, 2.05) is 26.0 Å². The van der Waals surface area contributed by atoms with E-state index in [2.05, 4.69) is 29.6 Å². The second-order valence-electron chi connectivity index (χ2n) is 5.50. The summed E-state index contributed by atoms with van der Waals surface area (Å²) in [6, 6.07) is 8.85. The highest BCUT2D eigenvalue weighted by Crippen LogP contribution is 2.16. The maximum Gasteiger partial charge on any atom is 0.119 e. The van der Waals surface area contributed by atoms with E-state index in [0.717, 1.165) is 12.3 Å². The third-order valence-corrected chi connectivity index (χ3v) is 3.37. The van der Waals surface area contributed by atoms with Gasteiger partial charge < -0.3 is 10.1 Å². The second-order valence-corrected chi connectivity index (χ2v) is 5.50. The fraction of sp³-hybridized carbons (Fsp3) is 0.529. The van der Waals surface area contributed by atoms with Crippen LogP contribution in [-0.2, 0) is 0 Å². The molecule has 1 unspecified atom stereocenters. The van der Waals surface area contributed by atoms with E-state index in [1.165, 1.54) is 31.2 Å². The Labute approximate surface area is 116 Å². The van der Waals surface area contributed by atoms with Crippen molar-refractivity contribution < 1.29 is 4.74 Å². The summed E-state index contributed by atoms with van der Waals surface area (Å²) in [5, 5.41) is 3.58. The zero-order valence-corrected chi connectivity index (χ0v) is 12.1. The van der Waals surface area contributed by atoms with Gasteiger partial charge in [0.2, 0.25) is 0 Å². The lowest BCUT2D eigenvalue weighted by atomic mass is 10.1. The molecule has 19 heavy (non-hydrogen) atoms. The van der Waals surface area contributed by atoms with Crippen LogP contribution in [0.4, 0.5) is 0 Å². The van der Waals surface area contributed by atoms with Crippen LogP contribution in [0.5, 0.6) is 5.75 Å². The van der Waals surface area contributed by atoms with Crippen molar-refractivity contribution in [1.82, 2.24) is 5.32 Å². The van der Waals surface area contributed by atoms with Gasteiger partial charge in [0.05, 0.1) is 6.10 Å². The molecule has 0 spiro atoms. The molecular weight excluding hydrogens is 234 g/mol. The van der Waals surface area contributed by atoms with E-state index in [1.54, 1.807) is 0 Å². The molecule has 0 bridgehead atoms. The van der Waals surface area contributed by atoms with Gasteiger partial charge in [0.15, 0.2) is 0 Å². The van der Waals surface area contributed by atoms with Crippen molar-refractivity contribution in [3.05, 3.63) is 35.9 Å². The lowest BCUT2D eigenvalue weighted by Gasteiger charge is -2.11. The summed E-state index contributed by atoms with van der Waals surface area (Å²) < 4.78 is 5.64. The SMILES string of the molecule is CC(C)Oc1ccc(/C=C/C2CCCCCN2)cc1. The average molecular weight is 259 g/mol. The molecule has 0 aromatic heterocycles. The van der Waals surface area contributed by atoms with Gasteiger partial charge in [-0.1, -0.05) is 37.1 Å². The van der Waals surface area contributed by atoms with Crippen LogP contribution in [0.15, 0.2) is 30.3 Å². The van der Waals surface area contributed by atoms with Crippen molar-refractivity contribution in [2.24, 2.45) is 0 Å². The van der Waals surface area contributed by atoms with Gasteiger partial charge in [-0.15, -0.1) is 0 Å². The van der Waals surface area contributed by atoms with Crippen molar-refractivity contribution in [3.63, 3.8) is 0 Å². The van der Waals surface area contributed by atoms with Crippen molar-refractivity contribution in [2.45, 2.75) is 51.7 Å². The minimum absolute atomic E-state index is 0.233. The molecule has 1 heterocycles. The topological polar surface area (TPSA) is 21.3 Å². The van der Waals surface area contributed by atoms with Crippen LogP contribution in [0.2, 0.25) is 0 Å². The number of rotatable bonds is 4. The smallest absolute Gasteiger partial charge is 0.119 e. The largest absolute Gasteiger partial charge is 0.491 e. The molecule has 1 atom stereocenters. The van der Waals surface area contributed by atoms with Gasteiger partial charge in [-0.2, -0.15) is 0 Å². The Kier molecular flexibility index (Phi) is 5.46. The third kappa shape index (κ3) is 5.07. The summed E-state index contributed by atoms with van der Waals surface area (Å²) in [5.41, 5.74) is 1.24. The predicted octanol–water partition coefficient (Wildman–Crippen LogP) is 4.02. The molecule has 0 amide bonds. The van der Waals surface area contributed by atoms with E-state index in [9.17, 15) is 0 Å². The van der Waals surface area contributed by atoms with Gasteiger partial charge in [0.25, 0.3) is 0 Å². The second kappa shape index (κ2) is 7.34. The zero-order chi connectivity index (χ0) is 13.5. The van der Waals surface area contributed by atoms with Gasteiger partial charge in [-0.3, -0.25) is 0 Å². The van der Waals surface area contributed by atoms with Crippen molar-refractivity contribution in [3.8, 4) is 5.75 Å². The molecule has 1 aromatic carbocycles. The highest BCUT2D eigenvalue weighted by atomic mass is 16.5. The highest BCUT2D eigenvalue weighted by molar-refractivity contribution is 5.51. The normalized spacial score (nSPS) is 20.7. The molecule has 1 aromatic rings. The number of nitrogens with one attached hydrogen (secondary N) is 1. The van der Waals surface area contributed by atoms with Crippen molar-refractivity contribution in [1.29, 1.82) is 0 Å². The molecule has 1 aliphatic rings. The van der Waals surface area contributed by atoms with Crippen molar-refractivity contribution in [2.75, 3.05) is 6.54 Å². The Hall–Kier alpha value is -1.28. The Morgan fingerprint density at radius 2 is 1.95 bits per heavy atom. The summed E-state index contributed by atoms with van der Waals surface area (Å²) in [7, 11) is 0. The monoisotopic (exact) mass is 259 g/mol. The minimum atomic E-state index is 0.233. The molecule has 2 heteroatoms. The highest BCUT2D eigenvalue weighted by Gasteiger charge is 2.07. The van der Waals surface area contributed by atoms with Crippen LogP contribution in [0, 0.1) is 0 Å². The summed E-state index contributed by atoms with van der Waals surface area (Å²) in [6.45, 7) is 5.24. The number of benzene rings is 1. The van der Waals surface area contributed by atoms with Crippen LogP contribution >= 0.6 is 0 Å². The summed E-state index contributed by atoms with van der Waals surface area (Å²) in [4.78, 5) is 0. The van der Waals surface area contributed by atoms with Gasteiger partial charge in [0.1, 0.15) is 5.75 Å². The fourth-order valence-corrected chi connectivity index (χ4v) is 2.38. The molecule has 1 fully saturated rings. The molecule has 104 valence electrons. The first-order valence-corrected chi connectivity index (χ1v) is 7.42. The molecule has 1 aliphatic heterocycles. The van der Waals surface area contributed by atoms with Crippen LogP contribution in [0.3, 0.4) is 0 Å². The minimum Gasteiger partial charge on any atom is -0.491 e. The van der Waals surface area contributed by atoms with Crippen LogP contribution in [0.25, 0.3) is 6.08 Å². The maximum absolute atomic E-state index is 5.64. The first-order chi connectivity index (χ1) is 9.24. The summed E-state index contributed by atoms with van der Waals surface area (Å²) in [6.07, 6.45) is 10.0. The van der Waals surface area contributed by atoms with Gasteiger partial charge >= 0.3 is 0 Å². The summed E-state index contributed by atoms with van der Waals surface area (Å²) >= 11 is 0. The fourth-order valence-electron chi connectivity index (χ4n) is 2.38. The van der Waals surface area contributed by atoms with Gasteiger partial charge in [-0.25, -0.2) is 0 Å². The van der Waals surface area contributed by atoms with Crippen LogP contribution in [-0.4, -0.2) is 18.7 Å². The molecule has 1 saturated heterocycles. The molecule has 1 N–H and O–H groups in total. The molecule has 2 rings (SSSR count). The van der Waals surface area contributed by atoms with E-state index in [0.29, 0.717) is 6.04 Å². The first-order valence-electron chi connectivity index (χ1n) is 7.42. The Balaban J connectivity index is 1.90. The quantitative estimate of drug-likeness (QED) is 0.882. The number of hydrogen-bond acceptors (Lipinski definition) is 2. The van der Waals surface area contributed by atoms with E-state index in [4.69, 9.17) is 4.74 Å². The summed E-state index contributed by atoms with van der Waals surface area (Å²) in [5.74, 6) is 0.944. The molecule has 0 radical (unpaired) electrons. The van der Waals surface area contributed by atoms with E-state index >= 15 is 0 Å².